The molecule has 0 unspecified atom stereocenters. The van der Waals surface area contributed by atoms with Gasteiger partial charge in [0, 0.05) is 53.4 Å². The Bertz CT molecular complexity index is 321. The highest BCUT2D eigenvalue weighted by Crippen LogP contribution is 2.09. The normalized spacial score (nSPS) is 20.4. The van der Waals surface area contributed by atoms with Gasteiger partial charge in [0.25, 0.3) is 10.2 Å². The van der Waals surface area contributed by atoms with E-state index in [9.17, 15) is 8.42 Å². The third-order valence-electron chi connectivity index (χ3n) is 2.98. The topological polar surface area (TPSA) is 47.1 Å². The zero-order valence-corrected chi connectivity index (χ0v) is 12.1. The van der Waals surface area contributed by atoms with Crippen LogP contribution in [0, 0.1) is 0 Å². The van der Waals surface area contributed by atoms with E-state index in [2.05, 4.69) is 9.80 Å². The molecule has 0 aromatic heterocycles. The molecule has 1 aliphatic heterocycles. The third-order valence-corrected chi connectivity index (χ3v) is 4.92. The van der Waals surface area contributed by atoms with Crippen LogP contribution in [0.5, 0.6) is 0 Å². The molecule has 0 aromatic carbocycles. The largest absolute Gasteiger partial charge is 0.308 e. The second kappa shape index (κ2) is 6.10. The highest BCUT2D eigenvalue weighted by atomic mass is 32.2. The zero-order valence-electron chi connectivity index (χ0n) is 11.3. The molecule has 1 fully saturated rings. The molecule has 0 aliphatic carbocycles. The zero-order chi connectivity index (χ0) is 13.1. The molecule has 102 valence electrons. The van der Waals surface area contributed by atoms with Crippen molar-refractivity contribution in [3.05, 3.63) is 0 Å². The Labute approximate surface area is 105 Å². The van der Waals surface area contributed by atoms with Crippen molar-refractivity contribution >= 4 is 10.2 Å². The monoisotopic (exact) mass is 264 g/mol. The molecule has 0 bridgehead atoms. The molecule has 0 N–H and O–H groups in total. The summed E-state index contributed by atoms with van der Waals surface area (Å²) in [4.78, 5) is 4.45. The Morgan fingerprint density at radius 2 is 1.53 bits per heavy atom. The minimum Gasteiger partial charge on any atom is -0.308 e. The quantitative estimate of drug-likeness (QED) is 0.637. The number of nitrogens with zero attached hydrogens (tertiary/aromatic N) is 4. The maximum absolute atomic E-state index is 11.9. The third kappa shape index (κ3) is 4.18. The highest BCUT2D eigenvalue weighted by molar-refractivity contribution is 7.86. The number of piperazine rings is 1. The van der Waals surface area contributed by atoms with Gasteiger partial charge in [0.1, 0.15) is 0 Å². The van der Waals surface area contributed by atoms with Crippen LogP contribution in [-0.2, 0) is 10.2 Å². The van der Waals surface area contributed by atoms with Gasteiger partial charge in [-0.2, -0.15) is 17.0 Å². The Balaban J connectivity index is 2.41. The summed E-state index contributed by atoms with van der Waals surface area (Å²) in [5.41, 5.74) is 0. The van der Waals surface area contributed by atoms with Crippen LogP contribution in [0.1, 0.15) is 0 Å². The Morgan fingerprint density at radius 1 is 1.00 bits per heavy atom. The van der Waals surface area contributed by atoms with E-state index in [4.69, 9.17) is 0 Å². The van der Waals surface area contributed by atoms with E-state index in [0.29, 0.717) is 13.1 Å². The van der Waals surface area contributed by atoms with E-state index >= 15 is 0 Å². The van der Waals surface area contributed by atoms with E-state index in [1.54, 1.807) is 18.4 Å². The minimum absolute atomic E-state index is 0.591. The van der Waals surface area contributed by atoms with Crippen LogP contribution < -0.4 is 0 Å². The van der Waals surface area contributed by atoms with Crippen molar-refractivity contribution in [3.63, 3.8) is 0 Å². The second-order valence-corrected chi connectivity index (χ2v) is 6.98. The lowest BCUT2D eigenvalue weighted by atomic mass is 10.3. The van der Waals surface area contributed by atoms with Gasteiger partial charge in [0.2, 0.25) is 0 Å². The molecule has 0 spiro atoms. The molecule has 1 rings (SSSR count). The van der Waals surface area contributed by atoms with Crippen LogP contribution in [0.25, 0.3) is 0 Å². The van der Waals surface area contributed by atoms with Crippen molar-refractivity contribution in [1.82, 2.24) is 18.4 Å². The lowest BCUT2D eigenvalue weighted by molar-refractivity contribution is 0.171. The minimum atomic E-state index is -3.23. The predicted molar refractivity (Wildman–Crippen MR) is 69.2 cm³/mol. The van der Waals surface area contributed by atoms with Gasteiger partial charge in [-0.3, -0.25) is 4.90 Å². The summed E-state index contributed by atoms with van der Waals surface area (Å²) in [5.74, 6) is 0. The van der Waals surface area contributed by atoms with Gasteiger partial charge in [-0.25, -0.2) is 0 Å². The first-order valence-electron chi connectivity index (χ1n) is 5.88. The number of likely N-dealkylation sites (N-methyl/N-ethyl adjacent to an activating group) is 1. The van der Waals surface area contributed by atoms with E-state index < -0.39 is 10.2 Å². The van der Waals surface area contributed by atoms with E-state index in [0.717, 1.165) is 26.2 Å². The predicted octanol–water partition coefficient (Wildman–Crippen LogP) is -1.03. The Hall–Kier alpha value is -0.210. The molecule has 0 saturated carbocycles. The average molecular weight is 264 g/mol. The second-order valence-electron chi connectivity index (χ2n) is 4.83. The van der Waals surface area contributed by atoms with Gasteiger partial charge in [0.15, 0.2) is 0 Å². The van der Waals surface area contributed by atoms with Crippen molar-refractivity contribution in [2.24, 2.45) is 0 Å². The lowest BCUT2D eigenvalue weighted by Gasteiger charge is -2.35. The molecular weight excluding hydrogens is 240 g/mol. The lowest BCUT2D eigenvalue weighted by Crippen LogP contribution is -2.52. The number of hydrogen-bond donors (Lipinski definition) is 0. The van der Waals surface area contributed by atoms with Gasteiger partial charge in [-0.15, -0.1) is 0 Å². The summed E-state index contributed by atoms with van der Waals surface area (Å²) in [6.07, 6.45) is 0. The first-order chi connectivity index (χ1) is 7.84. The molecule has 17 heavy (non-hydrogen) atoms. The van der Waals surface area contributed by atoms with Crippen molar-refractivity contribution in [1.29, 1.82) is 0 Å². The van der Waals surface area contributed by atoms with Crippen molar-refractivity contribution < 1.29 is 8.42 Å². The Kier molecular flexibility index (Phi) is 5.33. The maximum atomic E-state index is 11.9. The molecule has 7 heteroatoms. The number of hydrogen-bond acceptors (Lipinski definition) is 4. The first-order valence-corrected chi connectivity index (χ1v) is 7.28. The van der Waals surface area contributed by atoms with Gasteiger partial charge in [-0.1, -0.05) is 0 Å². The fraction of sp³-hybridized carbons (Fsp3) is 1.00. The summed E-state index contributed by atoms with van der Waals surface area (Å²) < 4.78 is 26.6. The molecule has 0 aromatic rings. The van der Waals surface area contributed by atoms with Gasteiger partial charge >= 0.3 is 0 Å². The maximum Gasteiger partial charge on any atom is 0.281 e. The van der Waals surface area contributed by atoms with Crippen LogP contribution in [0.2, 0.25) is 0 Å². The summed E-state index contributed by atoms with van der Waals surface area (Å²) in [7, 11) is 4.03. The molecular formula is C10H24N4O2S. The van der Waals surface area contributed by atoms with E-state index in [1.165, 1.54) is 4.31 Å². The van der Waals surface area contributed by atoms with Crippen LogP contribution in [0.3, 0.4) is 0 Å². The molecule has 0 radical (unpaired) electrons. The van der Waals surface area contributed by atoms with Crippen LogP contribution in [0.15, 0.2) is 0 Å². The summed E-state index contributed by atoms with van der Waals surface area (Å²) in [6.45, 7) is 4.84. The summed E-state index contributed by atoms with van der Waals surface area (Å²) in [6, 6.07) is 0. The standard InChI is InChI=1S/C10H24N4O2S/c1-11(2)5-6-13-7-9-14(10-8-13)17(15,16)12(3)4/h5-10H2,1-4H3. The molecule has 1 saturated heterocycles. The van der Waals surface area contributed by atoms with Gasteiger partial charge in [-0.05, 0) is 14.1 Å². The van der Waals surface area contributed by atoms with Crippen LogP contribution in [0.4, 0.5) is 0 Å². The smallest absolute Gasteiger partial charge is 0.281 e. The van der Waals surface area contributed by atoms with Gasteiger partial charge in [0.05, 0.1) is 0 Å². The number of rotatable bonds is 5. The summed E-state index contributed by atoms with van der Waals surface area (Å²) >= 11 is 0. The Morgan fingerprint density at radius 3 is 1.94 bits per heavy atom. The van der Waals surface area contributed by atoms with Crippen LogP contribution in [-0.4, -0.2) is 94.3 Å². The van der Waals surface area contributed by atoms with Crippen molar-refractivity contribution in [2.75, 3.05) is 67.5 Å². The fourth-order valence-corrected chi connectivity index (χ4v) is 2.84. The summed E-state index contributed by atoms with van der Waals surface area (Å²) in [5, 5.41) is 0. The SMILES string of the molecule is CN(C)CCN1CCN(S(=O)(=O)N(C)C)CC1. The molecule has 1 heterocycles. The van der Waals surface area contributed by atoms with Crippen LogP contribution >= 0.6 is 0 Å². The first kappa shape index (κ1) is 14.8. The average Bonchev–Trinajstić information content (AvgIpc) is 2.26. The molecule has 6 nitrogen and oxygen atoms in total. The highest BCUT2D eigenvalue weighted by Gasteiger charge is 2.28. The van der Waals surface area contributed by atoms with E-state index in [-0.39, 0.29) is 0 Å². The molecule has 0 atom stereocenters. The van der Waals surface area contributed by atoms with Crippen molar-refractivity contribution in [3.8, 4) is 0 Å². The molecule has 1 aliphatic rings. The van der Waals surface area contributed by atoms with E-state index in [1.807, 2.05) is 14.1 Å². The molecule has 0 amide bonds. The van der Waals surface area contributed by atoms with Crippen molar-refractivity contribution in [2.45, 2.75) is 0 Å². The fourth-order valence-electron chi connectivity index (χ4n) is 1.76. The van der Waals surface area contributed by atoms with Gasteiger partial charge < -0.3 is 4.90 Å².